The molecule has 2 aliphatic rings. The molecular weight excluding hydrogens is 310 g/mol. The first kappa shape index (κ1) is 16.7. The molecule has 2 amide bonds. The Kier molecular flexibility index (Phi) is 5.54. The van der Waals surface area contributed by atoms with Crippen molar-refractivity contribution in [3.8, 4) is 0 Å². The summed E-state index contributed by atoms with van der Waals surface area (Å²) in [6.07, 6.45) is 7.74. The van der Waals surface area contributed by atoms with E-state index in [2.05, 4.69) is 12.2 Å². The minimum absolute atomic E-state index is 0.0271. The van der Waals surface area contributed by atoms with E-state index in [-0.39, 0.29) is 18.7 Å². The fraction of sp³-hybridized carbons (Fsp3) is 0.765. The summed E-state index contributed by atoms with van der Waals surface area (Å²) in [5, 5.41) is 13.6. The highest BCUT2D eigenvalue weighted by molar-refractivity contribution is 7.11. The predicted molar refractivity (Wildman–Crippen MR) is 91.8 cm³/mol. The van der Waals surface area contributed by atoms with Gasteiger partial charge in [0.25, 0.3) is 0 Å². The molecule has 1 aliphatic carbocycles. The predicted octanol–water partition coefficient (Wildman–Crippen LogP) is 2.37. The Hall–Kier alpha value is -1.14. The maximum absolute atomic E-state index is 12.2. The number of carbonyl (C=O) groups is 1. The smallest absolute Gasteiger partial charge is 0.317 e. The third kappa shape index (κ3) is 3.86. The standard InChI is InChI=1S/C17H27N3O2S/c1-12-8-10-20(14(12)11-21)17(22)18-9-4-7-16-19-13-5-2-3-6-15(13)23-16/h12,14,21H,2-11H2,1H3,(H,18,22)/t12-,14-/m1/s1. The molecule has 128 valence electrons. The van der Waals surface area contributed by atoms with Crippen molar-refractivity contribution in [2.75, 3.05) is 19.7 Å². The Balaban J connectivity index is 1.41. The first-order valence-electron chi connectivity index (χ1n) is 8.82. The van der Waals surface area contributed by atoms with Gasteiger partial charge in [-0.2, -0.15) is 0 Å². The van der Waals surface area contributed by atoms with Crippen molar-refractivity contribution < 1.29 is 9.90 Å². The van der Waals surface area contributed by atoms with Crippen LogP contribution in [0, 0.1) is 5.92 Å². The van der Waals surface area contributed by atoms with Gasteiger partial charge >= 0.3 is 6.03 Å². The number of aryl methyl sites for hydroxylation is 3. The van der Waals surface area contributed by atoms with E-state index in [0.717, 1.165) is 32.2 Å². The zero-order chi connectivity index (χ0) is 16.2. The van der Waals surface area contributed by atoms with E-state index in [4.69, 9.17) is 4.98 Å². The minimum atomic E-state index is -0.0353. The molecular formula is C17H27N3O2S. The van der Waals surface area contributed by atoms with Crippen LogP contribution in [0.1, 0.15) is 48.2 Å². The van der Waals surface area contributed by atoms with Crippen molar-refractivity contribution in [2.45, 2.75) is 57.9 Å². The number of fused-ring (bicyclic) bond motifs is 1. The number of nitrogens with one attached hydrogen (secondary N) is 1. The molecule has 1 aliphatic heterocycles. The van der Waals surface area contributed by atoms with Crippen LogP contribution in [-0.2, 0) is 19.3 Å². The quantitative estimate of drug-likeness (QED) is 0.811. The highest BCUT2D eigenvalue weighted by atomic mass is 32.1. The molecule has 0 unspecified atom stereocenters. The van der Waals surface area contributed by atoms with Gasteiger partial charge in [-0.3, -0.25) is 0 Å². The van der Waals surface area contributed by atoms with E-state index in [0.29, 0.717) is 12.5 Å². The van der Waals surface area contributed by atoms with E-state index in [1.54, 1.807) is 4.90 Å². The summed E-state index contributed by atoms with van der Waals surface area (Å²) in [5.41, 5.74) is 1.32. The van der Waals surface area contributed by atoms with Crippen molar-refractivity contribution in [2.24, 2.45) is 5.92 Å². The molecule has 23 heavy (non-hydrogen) atoms. The number of hydrogen-bond acceptors (Lipinski definition) is 4. The number of likely N-dealkylation sites (tertiary alicyclic amines) is 1. The molecule has 0 bridgehead atoms. The van der Waals surface area contributed by atoms with Crippen LogP contribution < -0.4 is 5.32 Å². The Morgan fingerprint density at radius 2 is 2.26 bits per heavy atom. The molecule has 1 fully saturated rings. The summed E-state index contributed by atoms with van der Waals surface area (Å²) in [4.78, 5) is 20.2. The monoisotopic (exact) mass is 337 g/mol. The molecule has 1 saturated heterocycles. The number of nitrogens with zero attached hydrogens (tertiary/aromatic N) is 2. The Morgan fingerprint density at radius 3 is 3.04 bits per heavy atom. The van der Waals surface area contributed by atoms with Crippen LogP contribution in [0.5, 0.6) is 0 Å². The molecule has 2 heterocycles. The topological polar surface area (TPSA) is 65.5 Å². The Bertz CT molecular complexity index is 522. The van der Waals surface area contributed by atoms with E-state index >= 15 is 0 Å². The van der Waals surface area contributed by atoms with E-state index in [9.17, 15) is 9.90 Å². The van der Waals surface area contributed by atoms with Gasteiger partial charge in [-0.05, 0) is 44.4 Å². The van der Waals surface area contributed by atoms with Crippen molar-refractivity contribution in [3.63, 3.8) is 0 Å². The first-order valence-corrected chi connectivity index (χ1v) is 9.63. The fourth-order valence-corrected chi connectivity index (χ4v) is 4.79. The third-order valence-corrected chi connectivity index (χ3v) is 6.28. The number of carbonyl (C=O) groups excluding carboxylic acids is 1. The van der Waals surface area contributed by atoms with E-state index < -0.39 is 0 Å². The number of aliphatic hydroxyl groups is 1. The summed E-state index contributed by atoms with van der Waals surface area (Å²) in [6.45, 7) is 3.57. The lowest BCUT2D eigenvalue weighted by Crippen LogP contribution is -2.45. The van der Waals surface area contributed by atoms with Crippen molar-refractivity contribution in [1.82, 2.24) is 15.2 Å². The zero-order valence-electron chi connectivity index (χ0n) is 13.9. The van der Waals surface area contributed by atoms with Crippen molar-refractivity contribution >= 4 is 17.4 Å². The highest BCUT2D eigenvalue weighted by Crippen LogP contribution is 2.27. The minimum Gasteiger partial charge on any atom is -0.394 e. The van der Waals surface area contributed by atoms with Crippen LogP contribution >= 0.6 is 11.3 Å². The first-order chi connectivity index (χ1) is 11.2. The van der Waals surface area contributed by atoms with Crippen LogP contribution in [0.4, 0.5) is 4.79 Å². The van der Waals surface area contributed by atoms with Crippen molar-refractivity contribution in [1.29, 1.82) is 0 Å². The molecule has 0 saturated carbocycles. The average molecular weight is 337 g/mol. The molecule has 0 radical (unpaired) electrons. The number of aliphatic hydroxyl groups excluding tert-OH is 1. The molecule has 2 N–H and O–H groups in total. The largest absolute Gasteiger partial charge is 0.394 e. The van der Waals surface area contributed by atoms with Gasteiger partial charge in [-0.15, -0.1) is 11.3 Å². The van der Waals surface area contributed by atoms with E-state index in [1.807, 2.05) is 11.3 Å². The zero-order valence-corrected chi connectivity index (χ0v) is 14.7. The normalized spacial score (nSPS) is 23.8. The molecule has 1 aromatic rings. The molecule has 5 nitrogen and oxygen atoms in total. The second-order valence-corrected chi connectivity index (χ2v) is 7.90. The number of thiazole rings is 1. The summed E-state index contributed by atoms with van der Waals surface area (Å²) in [5.74, 6) is 0.382. The second kappa shape index (κ2) is 7.62. The maximum atomic E-state index is 12.2. The molecule has 1 aromatic heterocycles. The van der Waals surface area contributed by atoms with Crippen LogP contribution in [0.2, 0.25) is 0 Å². The third-order valence-electron chi connectivity index (χ3n) is 5.06. The van der Waals surface area contributed by atoms with Crippen LogP contribution in [0.3, 0.4) is 0 Å². The van der Waals surface area contributed by atoms with Gasteiger partial charge in [-0.25, -0.2) is 9.78 Å². The van der Waals surface area contributed by atoms with Crippen LogP contribution in [0.15, 0.2) is 0 Å². The number of aromatic nitrogens is 1. The van der Waals surface area contributed by atoms with Crippen LogP contribution in [0.25, 0.3) is 0 Å². The van der Waals surface area contributed by atoms with Gasteiger partial charge in [-0.1, -0.05) is 6.92 Å². The summed E-state index contributed by atoms with van der Waals surface area (Å²) in [6, 6.07) is -0.0625. The van der Waals surface area contributed by atoms with Gasteiger partial charge in [0.05, 0.1) is 23.4 Å². The molecule has 2 atom stereocenters. The Morgan fingerprint density at radius 1 is 1.43 bits per heavy atom. The number of urea groups is 1. The lowest BCUT2D eigenvalue weighted by atomic mass is 10.0. The fourth-order valence-electron chi connectivity index (χ4n) is 3.59. The number of rotatable bonds is 5. The Labute approximate surface area is 142 Å². The summed E-state index contributed by atoms with van der Waals surface area (Å²) in [7, 11) is 0. The molecule has 3 rings (SSSR count). The summed E-state index contributed by atoms with van der Waals surface area (Å²) >= 11 is 1.86. The van der Waals surface area contributed by atoms with E-state index in [1.165, 1.54) is 34.8 Å². The molecule has 0 aromatic carbocycles. The second-order valence-electron chi connectivity index (χ2n) is 6.73. The van der Waals surface area contributed by atoms with Crippen molar-refractivity contribution in [3.05, 3.63) is 15.6 Å². The van der Waals surface area contributed by atoms with Crippen LogP contribution in [-0.4, -0.2) is 46.8 Å². The van der Waals surface area contributed by atoms with Gasteiger partial charge in [0.2, 0.25) is 0 Å². The van der Waals surface area contributed by atoms with Gasteiger partial charge < -0.3 is 15.3 Å². The molecule has 6 heteroatoms. The maximum Gasteiger partial charge on any atom is 0.317 e. The number of hydrogen-bond donors (Lipinski definition) is 2. The number of amides is 2. The highest BCUT2D eigenvalue weighted by Gasteiger charge is 2.33. The summed E-state index contributed by atoms with van der Waals surface area (Å²) < 4.78 is 0. The average Bonchev–Trinajstić information content (AvgIpc) is 3.13. The lowest BCUT2D eigenvalue weighted by molar-refractivity contribution is 0.144. The SMILES string of the molecule is C[C@@H]1CCN(C(=O)NCCCc2nc3c(s2)CCCC3)[C@@H]1CO. The molecule has 0 spiro atoms. The van der Waals surface area contributed by atoms with Gasteiger partial charge in [0.1, 0.15) is 0 Å². The van der Waals surface area contributed by atoms with Gasteiger partial charge in [0, 0.05) is 24.4 Å². The lowest BCUT2D eigenvalue weighted by Gasteiger charge is -2.25. The van der Waals surface area contributed by atoms with Gasteiger partial charge in [0.15, 0.2) is 0 Å².